The average Bonchev–Trinajstić information content (AvgIpc) is 3.03. The van der Waals surface area contributed by atoms with Gasteiger partial charge in [0, 0.05) is 36.2 Å². The Labute approximate surface area is 190 Å². The van der Waals surface area contributed by atoms with Gasteiger partial charge in [-0.2, -0.15) is 5.10 Å². The molecule has 4 rings (SSSR count). The Kier molecular flexibility index (Phi) is 6.69. The Morgan fingerprint density at radius 3 is 2.45 bits per heavy atom. The number of piperidine rings is 1. The zero-order valence-electron chi connectivity index (χ0n) is 17.0. The summed E-state index contributed by atoms with van der Waals surface area (Å²) in [7, 11) is 0. The maximum absolute atomic E-state index is 12.8. The van der Waals surface area contributed by atoms with Crippen molar-refractivity contribution in [2.45, 2.75) is 45.1 Å². The summed E-state index contributed by atoms with van der Waals surface area (Å²) in [5, 5.41) is 15.1. The lowest BCUT2D eigenvalue weighted by atomic mass is 10.1. The number of benzene rings is 1. The van der Waals surface area contributed by atoms with Crippen LogP contribution in [0.25, 0.3) is 0 Å². The van der Waals surface area contributed by atoms with Crippen LogP contribution in [0.15, 0.2) is 24.3 Å². The molecule has 1 fully saturated rings. The molecule has 3 heterocycles. The Morgan fingerprint density at radius 1 is 1.03 bits per heavy atom. The molecule has 8 nitrogen and oxygen atoms in total. The summed E-state index contributed by atoms with van der Waals surface area (Å²) in [4.78, 5) is 28.7. The number of aryl methyl sites for hydroxylation is 1. The van der Waals surface area contributed by atoms with Crippen molar-refractivity contribution in [2.24, 2.45) is 0 Å². The summed E-state index contributed by atoms with van der Waals surface area (Å²) < 4.78 is 7.24. The molecule has 0 unspecified atom stereocenters. The van der Waals surface area contributed by atoms with Crippen molar-refractivity contribution in [1.29, 1.82) is 0 Å². The van der Waals surface area contributed by atoms with Gasteiger partial charge in [0.2, 0.25) is 0 Å². The third-order valence-corrected chi connectivity index (χ3v) is 5.96. The number of amides is 2. The molecule has 0 aliphatic carbocycles. The van der Waals surface area contributed by atoms with E-state index in [4.69, 9.17) is 27.9 Å². The van der Waals surface area contributed by atoms with E-state index in [-0.39, 0.29) is 18.6 Å². The number of likely N-dealkylation sites (tertiary alicyclic amines) is 1. The molecule has 0 atom stereocenters. The normalized spacial score (nSPS) is 17.3. The number of halogens is 2. The molecule has 1 saturated heterocycles. The number of carbonyl (C=O) groups is 2. The fraction of sp³-hybridized carbons (Fsp3) is 0.476. The van der Waals surface area contributed by atoms with Crippen LogP contribution >= 0.6 is 23.2 Å². The summed E-state index contributed by atoms with van der Waals surface area (Å²) in [5.74, 6) is -0.139. The van der Waals surface area contributed by atoms with Crippen molar-refractivity contribution in [3.63, 3.8) is 0 Å². The van der Waals surface area contributed by atoms with Crippen LogP contribution in [0, 0.1) is 0 Å². The van der Waals surface area contributed by atoms with Gasteiger partial charge in [-0.1, -0.05) is 23.2 Å². The zero-order chi connectivity index (χ0) is 22.0. The second kappa shape index (κ2) is 9.46. The minimum atomic E-state index is -0.441. The molecule has 2 aliphatic rings. The van der Waals surface area contributed by atoms with Crippen molar-refractivity contribution in [2.75, 3.05) is 19.6 Å². The SMILES string of the molecule is O=C(OCc1cc(Cl)cc(Cl)c1)N1CCCn2nc(C(=O)N3CCC(O)CC3)cc2C1. The third kappa shape index (κ3) is 5.31. The molecule has 2 amide bonds. The lowest BCUT2D eigenvalue weighted by Crippen LogP contribution is -2.40. The first-order valence-electron chi connectivity index (χ1n) is 10.3. The van der Waals surface area contributed by atoms with Gasteiger partial charge in [-0.15, -0.1) is 0 Å². The summed E-state index contributed by atoms with van der Waals surface area (Å²) in [5.41, 5.74) is 1.88. The van der Waals surface area contributed by atoms with Crippen LogP contribution in [0.4, 0.5) is 4.79 Å². The highest BCUT2D eigenvalue weighted by Crippen LogP contribution is 2.21. The molecule has 0 spiro atoms. The van der Waals surface area contributed by atoms with Crippen molar-refractivity contribution in [3.05, 3.63) is 51.3 Å². The molecule has 2 aliphatic heterocycles. The maximum atomic E-state index is 12.8. The Hall–Kier alpha value is -2.29. The predicted octanol–water partition coefficient (Wildman–Crippen LogP) is 3.33. The van der Waals surface area contributed by atoms with E-state index in [0.29, 0.717) is 73.3 Å². The lowest BCUT2D eigenvalue weighted by Gasteiger charge is -2.28. The van der Waals surface area contributed by atoms with Crippen molar-refractivity contribution in [1.82, 2.24) is 19.6 Å². The first kappa shape index (κ1) is 21.9. The number of hydrogen-bond acceptors (Lipinski definition) is 5. The number of nitrogens with zero attached hydrogens (tertiary/aromatic N) is 4. The van der Waals surface area contributed by atoms with Crippen LogP contribution in [0.1, 0.15) is 41.0 Å². The van der Waals surface area contributed by atoms with E-state index in [1.807, 2.05) is 0 Å². The Bertz CT molecular complexity index is 952. The van der Waals surface area contributed by atoms with Gasteiger partial charge < -0.3 is 19.6 Å². The number of ether oxygens (including phenoxy) is 1. The van der Waals surface area contributed by atoms with E-state index < -0.39 is 6.09 Å². The van der Waals surface area contributed by atoms with Gasteiger partial charge in [0.05, 0.1) is 18.3 Å². The van der Waals surface area contributed by atoms with E-state index in [9.17, 15) is 14.7 Å². The first-order chi connectivity index (χ1) is 14.9. The predicted molar refractivity (Wildman–Crippen MR) is 115 cm³/mol. The average molecular weight is 467 g/mol. The van der Waals surface area contributed by atoms with Crippen LogP contribution in [-0.2, 0) is 24.4 Å². The maximum Gasteiger partial charge on any atom is 0.410 e. The standard InChI is InChI=1S/C21H24Cl2N4O4/c22-15-8-14(9-16(23)10-15)13-31-21(30)26-4-1-5-27-17(12-26)11-19(24-27)20(29)25-6-2-18(28)3-7-25/h8-11,18,28H,1-7,12-13H2. The fourth-order valence-electron chi connectivity index (χ4n) is 3.88. The van der Waals surface area contributed by atoms with Gasteiger partial charge in [-0.25, -0.2) is 4.79 Å². The van der Waals surface area contributed by atoms with Gasteiger partial charge in [0.15, 0.2) is 5.69 Å². The van der Waals surface area contributed by atoms with Gasteiger partial charge in [0.1, 0.15) is 6.61 Å². The quantitative estimate of drug-likeness (QED) is 0.749. The minimum Gasteiger partial charge on any atom is -0.445 e. The fourth-order valence-corrected chi connectivity index (χ4v) is 4.46. The molecular formula is C21H24Cl2N4O4. The second-order valence-corrected chi connectivity index (χ2v) is 8.75. The smallest absolute Gasteiger partial charge is 0.410 e. The summed E-state index contributed by atoms with van der Waals surface area (Å²) >= 11 is 12.0. The van der Waals surface area contributed by atoms with Crippen LogP contribution in [0.2, 0.25) is 10.0 Å². The van der Waals surface area contributed by atoms with Gasteiger partial charge >= 0.3 is 6.09 Å². The van der Waals surface area contributed by atoms with E-state index in [2.05, 4.69) is 5.10 Å². The molecule has 1 N–H and O–H groups in total. The highest BCUT2D eigenvalue weighted by Gasteiger charge is 2.27. The van der Waals surface area contributed by atoms with Gasteiger partial charge in [0.25, 0.3) is 5.91 Å². The molecule has 0 saturated carbocycles. The number of hydrogen-bond donors (Lipinski definition) is 1. The van der Waals surface area contributed by atoms with E-state index in [1.165, 1.54) is 0 Å². The van der Waals surface area contributed by atoms with Crippen LogP contribution in [-0.4, -0.2) is 62.4 Å². The van der Waals surface area contributed by atoms with Crippen molar-refractivity contribution >= 4 is 35.2 Å². The second-order valence-electron chi connectivity index (χ2n) is 7.87. The van der Waals surface area contributed by atoms with E-state index in [0.717, 1.165) is 5.69 Å². The summed E-state index contributed by atoms with van der Waals surface area (Å²) in [6.07, 6.45) is 1.08. The first-order valence-corrected chi connectivity index (χ1v) is 11.1. The van der Waals surface area contributed by atoms with Crippen LogP contribution in [0.3, 0.4) is 0 Å². The zero-order valence-corrected chi connectivity index (χ0v) is 18.5. The molecule has 1 aromatic heterocycles. The van der Waals surface area contributed by atoms with E-state index in [1.54, 1.807) is 38.7 Å². The largest absolute Gasteiger partial charge is 0.445 e. The molecule has 10 heteroatoms. The molecular weight excluding hydrogens is 443 g/mol. The van der Waals surface area contributed by atoms with Crippen molar-refractivity contribution < 1.29 is 19.4 Å². The van der Waals surface area contributed by atoms with Gasteiger partial charge in [-0.3, -0.25) is 9.48 Å². The molecule has 0 bridgehead atoms. The molecule has 2 aromatic rings. The number of fused-ring (bicyclic) bond motifs is 1. The lowest BCUT2D eigenvalue weighted by molar-refractivity contribution is 0.0540. The topological polar surface area (TPSA) is 87.9 Å². The van der Waals surface area contributed by atoms with E-state index >= 15 is 0 Å². The molecule has 166 valence electrons. The molecule has 0 radical (unpaired) electrons. The number of aliphatic hydroxyl groups is 1. The molecule has 1 aromatic carbocycles. The Morgan fingerprint density at radius 2 is 1.74 bits per heavy atom. The third-order valence-electron chi connectivity index (χ3n) is 5.53. The number of aliphatic hydroxyl groups excluding tert-OH is 1. The highest BCUT2D eigenvalue weighted by atomic mass is 35.5. The van der Waals surface area contributed by atoms with Crippen LogP contribution < -0.4 is 0 Å². The number of rotatable bonds is 3. The number of carbonyl (C=O) groups excluding carboxylic acids is 2. The van der Waals surface area contributed by atoms with Crippen molar-refractivity contribution in [3.8, 4) is 0 Å². The summed E-state index contributed by atoms with van der Waals surface area (Å²) in [6.45, 7) is 2.58. The van der Waals surface area contributed by atoms with Crippen LogP contribution in [0.5, 0.6) is 0 Å². The highest BCUT2D eigenvalue weighted by molar-refractivity contribution is 6.34. The minimum absolute atomic E-state index is 0.0689. The van der Waals surface area contributed by atoms with Gasteiger partial charge in [-0.05, 0) is 49.1 Å². The Balaban J connectivity index is 1.39. The molecule has 31 heavy (non-hydrogen) atoms. The monoisotopic (exact) mass is 466 g/mol. The number of aromatic nitrogens is 2. The summed E-state index contributed by atoms with van der Waals surface area (Å²) in [6, 6.07) is 6.77.